The fourth-order valence-corrected chi connectivity index (χ4v) is 3.47. The number of halogens is 2. The number of nitrogens with zero attached hydrogens (tertiary/aromatic N) is 1. The summed E-state index contributed by atoms with van der Waals surface area (Å²) in [6.07, 6.45) is -0.312. The highest BCUT2D eigenvalue weighted by atomic mass is 79.9. The normalized spacial score (nSPS) is 11.8. The molecule has 0 fully saturated rings. The lowest BCUT2D eigenvalue weighted by Crippen LogP contribution is -2.30. The molecule has 3 N–H and O–H groups in total. The molecule has 0 aliphatic carbocycles. The average molecular weight is 465 g/mol. The highest BCUT2D eigenvalue weighted by molar-refractivity contribution is 9.10. The van der Waals surface area contributed by atoms with Gasteiger partial charge in [0, 0.05) is 15.6 Å². The third-order valence-corrected chi connectivity index (χ3v) is 4.95. The van der Waals surface area contributed by atoms with Crippen LogP contribution in [0.3, 0.4) is 0 Å². The monoisotopic (exact) mass is 463 g/mol. The number of nitrogens with one attached hydrogen (secondary N) is 2. The van der Waals surface area contributed by atoms with Crippen molar-refractivity contribution in [2.24, 2.45) is 0 Å². The Labute approximate surface area is 173 Å². The van der Waals surface area contributed by atoms with Crippen LogP contribution in [0, 0.1) is 0 Å². The van der Waals surface area contributed by atoms with E-state index >= 15 is 0 Å². The first kappa shape index (κ1) is 19.9. The van der Waals surface area contributed by atoms with Crippen molar-refractivity contribution in [3.05, 3.63) is 85.7 Å². The summed E-state index contributed by atoms with van der Waals surface area (Å²) >= 11 is 9.32. The number of carboxylic acids is 1. The molecule has 0 aliphatic rings. The second-order valence-electron chi connectivity index (χ2n) is 5.97. The molecular weight excluding hydrogens is 450 g/mol. The fourth-order valence-electron chi connectivity index (χ4n) is 2.73. The van der Waals surface area contributed by atoms with Crippen molar-refractivity contribution in [1.82, 2.24) is 15.1 Å². The van der Waals surface area contributed by atoms with Crippen molar-refractivity contribution >= 4 is 39.4 Å². The number of carbonyl (C=O) groups excluding carboxylic acids is 1. The quantitative estimate of drug-likeness (QED) is 0.519. The standard InChI is InChI=1S/C19H15BrClN3O4/c20-14-7-2-1-6-13(14)15(10-18(26)27)22-19(28)16-9-17(25)24(23-16)12-5-3-4-11(21)8-12/h1-9,15,23H,10H2,(H,22,28)(H,26,27)/t15-/m0/s1. The predicted octanol–water partition coefficient (Wildman–Crippen LogP) is 3.53. The van der Waals surface area contributed by atoms with Gasteiger partial charge in [-0.15, -0.1) is 0 Å². The van der Waals surface area contributed by atoms with Crippen LogP contribution in [-0.2, 0) is 4.79 Å². The molecule has 0 unspecified atom stereocenters. The van der Waals surface area contributed by atoms with Gasteiger partial charge >= 0.3 is 5.97 Å². The summed E-state index contributed by atoms with van der Waals surface area (Å²) in [5.41, 5.74) is 0.662. The van der Waals surface area contributed by atoms with Crippen LogP contribution in [0.25, 0.3) is 5.69 Å². The van der Waals surface area contributed by atoms with Crippen LogP contribution in [0.1, 0.15) is 28.5 Å². The summed E-state index contributed by atoms with van der Waals surface area (Å²) in [5.74, 6) is -1.66. The summed E-state index contributed by atoms with van der Waals surface area (Å²) in [4.78, 5) is 36.2. The highest BCUT2D eigenvalue weighted by Gasteiger charge is 2.22. The molecule has 0 bridgehead atoms. The molecule has 28 heavy (non-hydrogen) atoms. The molecule has 7 nitrogen and oxygen atoms in total. The number of amides is 1. The third kappa shape index (κ3) is 4.52. The summed E-state index contributed by atoms with van der Waals surface area (Å²) in [5, 5.41) is 15.0. The molecule has 0 saturated heterocycles. The molecule has 3 rings (SSSR count). The van der Waals surface area contributed by atoms with E-state index in [2.05, 4.69) is 26.3 Å². The Bertz CT molecular complexity index is 1090. The molecule has 1 atom stereocenters. The van der Waals surface area contributed by atoms with Gasteiger partial charge in [0.2, 0.25) is 0 Å². The second-order valence-corrected chi connectivity index (χ2v) is 7.26. The zero-order valence-corrected chi connectivity index (χ0v) is 16.7. The van der Waals surface area contributed by atoms with Gasteiger partial charge in [-0.1, -0.05) is 51.8 Å². The van der Waals surface area contributed by atoms with E-state index in [1.807, 2.05) is 0 Å². The van der Waals surface area contributed by atoms with Crippen LogP contribution in [0.4, 0.5) is 0 Å². The first-order valence-electron chi connectivity index (χ1n) is 8.20. The van der Waals surface area contributed by atoms with Gasteiger partial charge in [0.25, 0.3) is 11.5 Å². The van der Waals surface area contributed by atoms with Gasteiger partial charge in [0.05, 0.1) is 18.2 Å². The van der Waals surface area contributed by atoms with Crippen molar-refractivity contribution in [2.45, 2.75) is 12.5 Å². The summed E-state index contributed by atoms with van der Waals surface area (Å²) < 4.78 is 1.86. The molecule has 1 aromatic heterocycles. The molecule has 0 saturated carbocycles. The molecule has 0 aliphatic heterocycles. The average Bonchev–Trinajstić information content (AvgIpc) is 3.03. The van der Waals surface area contributed by atoms with Crippen molar-refractivity contribution in [3.63, 3.8) is 0 Å². The van der Waals surface area contributed by atoms with Crippen LogP contribution in [0.2, 0.25) is 5.02 Å². The van der Waals surface area contributed by atoms with Gasteiger partial charge in [0.15, 0.2) is 0 Å². The number of aliphatic carboxylic acids is 1. The second kappa shape index (κ2) is 8.45. The largest absolute Gasteiger partial charge is 0.481 e. The Balaban J connectivity index is 1.89. The van der Waals surface area contributed by atoms with Crippen LogP contribution >= 0.6 is 27.5 Å². The van der Waals surface area contributed by atoms with Crippen LogP contribution < -0.4 is 10.9 Å². The van der Waals surface area contributed by atoms with Gasteiger partial charge in [-0.3, -0.25) is 19.5 Å². The van der Waals surface area contributed by atoms with E-state index in [1.165, 1.54) is 4.68 Å². The van der Waals surface area contributed by atoms with E-state index in [0.717, 1.165) is 6.07 Å². The van der Waals surface area contributed by atoms with Gasteiger partial charge in [-0.2, -0.15) is 0 Å². The predicted molar refractivity (Wildman–Crippen MR) is 108 cm³/mol. The van der Waals surface area contributed by atoms with Gasteiger partial charge in [-0.05, 0) is 29.8 Å². The molecule has 0 radical (unpaired) electrons. The minimum Gasteiger partial charge on any atom is -0.481 e. The minimum absolute atomic E-state index is 0.00687. The molecule has 1 heterocycles. The Morgan fingerprint density at radius 2 is 1.93 bits per heavy atom. The number of H-pyrrole nitrogens is 1. The van der Waals surface area contributed by atoms with E-state index in [1.54, 1.807) is 48.5 Å². The summed E-state index contributed by atoms with van der Waals surface area (Å²) in [7, 11) is 0. The van der Waals surface area contributed by atoms with Crippen LogP contribution in [0.15, 0.2) is 63.9 Å². The van der Waals surface area contributed by atoms with E-state index < -0.39 is 23.5 Å². The van der Waals surface area contributed by atoms with E-state index in [9.17, 15) is 19.5 Å². The van der Waals surface area contributed by atoms with Crippen molar-refractivity contribution < 1.29 is 14.7 Å². The highest BCUT2D eigenvalue weighted by Crippen LogP contribution is 2.25. The van der Waals surface area contributed by atoms with Crippen molar-refractivity contribution in [2.75, 3.05) is 0 Å². The maximum Gasteiger partial charge on any atom is 0.305 e. The van der Waals surface area contributed by atoms with E-state index in [4.69, 9.17) is 11.6 Å². The van der Waals surface area contributed by atoms with E-state index in [0.29, 0.717) is 20.7 Å². The van der Waals surface area contributed by atoms with Crippen LogP contribution in [0.5, 0.6) is 0 Å². The zero-order chi connectivity index (χ0) is 20.3. The van der Waals surface area contributed by atoms with Crippen molar-refractivity contribution in [1.29, 1.82) is 0 Å². The molecule has 3 aromatic rings. The zero-order valence-electron chi connectivity index (χ0n) is 14.4. The fraction of sp³-hybridized carbons (Fsp3) is 0.105. The topological polar surface area (TPSA) is 104 Å². The number of carboxylic acid groups (broad SMARTS) is 1. The number of hydrogen-bond donors (Lipinski definition) is 3. The number of aromatic nitrogens is 2. The summed E-state index contributed by atoms with van der Waals surface area (Å²) in [6, 6.07) is 14.0. The van der Waals surface area contributed by atoms with Crippen LogP contribution in [-0.4, -0.2) is 26.8 Å². The Hall–Kier alpha value is -2.84. The number of carbonyl (C=O) groups is 2. The smallest absolute Gasteiger partial charge is 0.305 e. The third-order valence-electron chi connectivity index (χ3n) is 4.00. The molecule has 2 aromatic carbocycles. The molecule has 144 valence electrons. The van der Waals surface area contributed by atoms with Crippen molar-refractivity contribution in [3.8, 4) is 5.69 Å². The summed E-state index contributed by atoms with van der Waals surface area (Å²) in [6.45, 7) is 0. The van der Waals surface area contributed by atoms with Gasteiger partial charge in [-0.25, -0.2) is 4.68 Å². The Kier molecular flexibility index (Phi) is 6.01. The lowest BCUT2D eigenvalue weighted by Gasteiger charge is -2.18. The maximum atomic E-state index is 12.7. The van der Waals surface area contributed by atoms with Gasteiger partial charge < -0.3 is 10.4 Å². The SMILES string of the molecule is O=C(O)C[C@H](NC(=O)c1cc(=O)n(-c2cccc(Cl)c2)[nH]1)c1ccccc1Br. The first-order valence-corrected chi connectivity index (χ1v) is 9.37. The number of benzene rings is 2. The molecule has 0 spiro atoms. The molecule has 1 amide bonds. The lowest BCUT2D eigenvalue weighted by molar-refractivity contribution is -0.137. The first-order chi connectivity index (χ1) is 13.3. The Morgan fingerprint density at radius 3 is 2.61 bits per heavy atom. The minimum atomic E-state index is -1.06. The molecule has 9 heteroatoms. The Morgan fingerprint density at radius 1 is 1.18 bits per heavy atom. The van der Waals surface area contributed by atoms with E-state index in [-0.39, 0.29) is 12.1 Å². The molecular formula is C19H15BrClN3O4. The lowest BCUT2D eigenvalue weighted by atomic mass is 10.0. The van der Waals surface area contributed by atoms with Gasteiger partial charge in [0.1, 0.15) is 5.69 Å². The number of aromatic amines is 1. The number of hydrogen-bond acceptors (Lipinski definition) is 3. The maximum absolute atomic E-state index is 12.7. The number of rotatable bonds is 6.